The third kappa shape index (κ3) is 3.59. The van der Waals surface area contributed by atoms with Crippen LogP contribution in [0.1, 0.15) is 18.3 Å². The third-order valence-electron chi connectivity index (χ3n) is 3.78. The number of nitrogens with zero attached hydrogens (tertiary/aromatic N) is 4. The van der Waals surface area contributed by atoms with Gasteiger partial charge in [-0.05, 0) is 12.7 Å². The van der Waals surface area contributed by atoms with E-state index < -0.39 is 27.5 Å². The number of sulfone groups is 1. The van der Waals surface area contributed by atoms with Crippen molar-refractivity contribution in [1.82, 2.24) is 19.7 Å². The van der Waals surface area contributed by atoms with Gasteiger partial charge in [0.15, 0.2) is 27.3 Å². The van der Waals surface area contributed by atoms with E-state index in [0.29, 0.717) is 18.7 Å². The first-order valence-electron chi connectivity index (χ1n) is 7.36. The number of hydrogen-bond donors (Lipinski definition) is 0. The van der Waals surface area contributed by atoms with E-state index in [1.807, 2.05) is 6.26 Å². The fourth-order valence-electron chi connectivity index (χ4n) is 2.63. The molecule has 1 atom stereocenters. The second kappa shape index (κ2) is 6.75. The first-order valence-corrected chi connectivity index (χ1v) is 10.6. The summed E-state index contributed by atoms with van der Waals surface area (Å²) < 4.78 is 52.2. The van der Waals surface area contributed by atoms with Crippen molar-refractivity contribution in [2.24, 2.45) is 0 Å². The van der Waals surface area contributed by atoms with E-state index in [-0.39, 0.29) is 23.0 Å². The van der Waals surface area contributed by atoms with Gasteiger partial charge in [0, 0.05) is 18.2 Å². The SMILES string of the molecule is CSCCc1nc(-c2ncc(F)cc2F)n([C@@H]2CCS(=O)(=O)C2)n1. The zero-order chi connectivity index (χ0) is 17.3. The summed E-state index contributed by atoms with van der Waals surface area (Å²) in [6, 6.07) is 0.320. The molecule has 0 bridgehead atoms. The van der Waals surface area contributed by atoms with Crippen molar-refractivity contribution in [3.05, 3.63) is 29.7 Å². The van der Waals surface area contributed by atoms with Gasteiger partial charge in [0.05, 0.1) is 23.7 Å². The molecule has 3 rings (SSSR count). The Balaban J connectivity index is 2.04. The van der Waals surface area contributed by atoms with Gasteiger partial charge in [-0.15, -0.1) is 0 Å². The summed E-state index contributed by atoms with van der Waals surface area (Å²) in [6.45, 7) is 0. The largest absolute Gasteiger partial charge is 0.247 e. The summed E-state index contributed by atoms with van der Waals surface area (Å²) >= 11 is 1.62. The molecule has 130 valence electrons. The molecule has 10 heteroatoms. The standard InChI is InChI=1S/C14H16F2N4O2S2/c1-23-4-2-12-18-14(13-11(16)6-9(15)7-17-13)20(19-12)10-3-5-24(21,22)8-10/h6-7,10H,2-5,8H2,1H3/t10-/m1/s1. The fourth-order valence-corrected chi connectivity index (χ4v) is 4.71. The first kappa shape index (κ1) is 17.3. The molecule has 1 aliphatic heterocycles. The number of hydrogen-bond acceptors (Lipinski definition) is 6. The van der Waals surface area contributed by atoms with E-state index in [4.69, 9.17) is 0 Å². The summed E-state index contributed by atoms with van der Waals surface area (Å²) in [6.07, 6.45) is 3.82. The van der Waals surface area contributed by atoms with Crippen LogP contribution in [0.4, 0.5) is 8.78 Å². The monoisotopic (exact) mass is 374 g/mol. The summed E-state index contributed by atoms with van der Waals surface area (Å²) in [5.74, 6) is -0.203. The zero-order valence-corrected chi connectivity index (χ0v) is 14.6. The number of aromatic nitrogens is 4. The fraction of sp³-hybridized carbons (Fsp3) is 0.500. The lowest BCUT2D eigenvalue weighted by Gasteiger charge is -2.11. The summed E-state index contributed by atoms with van der Waals surface area (Å²) in [7, 11) is -3.13. The molecule has 3 heterocycles. The van der Waals surface area contributed by atoms with Crippen molar-refractivity contribution in [1.29, 1.82) is 0 Å². The Morgan fingerprint density at radius 1 is 1.42 bits per heavy atom. The van der Waals surface area contributed by atoms with E-state index in [2.05, 4.69) is 15.1 Å². The smallest absolute Gasteiger partial charge is 0.180 e. The van der Waals surface area contributed by atoms with Crippen molar-refractivity contribution in [3.8, 4) is 11.5 Å². The average Bonchev–Trinajstić information content (AvgIpc) is 3.08. The Morgan fingerprint density at radius 2 is 2.21 bits per heavy atom. The van der Waals surface area contributed by atoms with Crippen molar-refractivity contribution in [2.45, 2.75) is 18.9 Å². The number of halogens is 2. The van der Waals surface area contributed by atoms with E-state index >= 15 is 0 Å². The van der Waals surface area contributed by atoms with Gasteiger partial charge in [-0.3, -0.25) is 0 Å². The number of pyridine rings is 1. The molecule has 0 saturated carbocycles. The van der Waals surface area contributed by atoms with Gasteiger partial charge in [-0.1, -0.05) is 0 Å². The average molecular weight is 374 g/mol. The van der Waals surface area contributed by atoms with Gasteiger partial charge in [0.25, 0.3) is 0 Å². The Morgan fingerprint density at radius 3 is 2.83 bits per heavy atom. The van der Waals surface area contributed by atoms with Crippen molar-refractivity contribution >= 4 is 21.6 Å². The molecule has 0 aromatic carbocycles. The highest BCUT2D eigenvalue weighted by Crippen LogP contribution is 2.29. The van der Waals surface area contributed by atoms with Crippen LogP contribution in [0, 0.1) is 11.6 Å². The van der Waals surface area contributed by atoms with Crippen LogP contribution < -0.4 is 0 Å². The molecule has 0 amide bonds. The lowest BCUT2D eigenvalue weighted by molar-refractivity contribution is 0.496. The minimum atomic E-state index is -3.13. The second-order valence-corrected chi connectivity index (χ2v) is 8.79. The summed E-state index contributed by atoms with van der Waals surface area (Å²) in [5.41, 5.74) is -0.122. The molecule has 6 nitrogen and oxygen atoms in total. The van der Waals surface area contributed by atoms with E-state index in [1.165, 1.54) is 4.68 Å². The van der Waals surface area contributed by atoms with Gasteiger partial charge in [0.2, 0.25) is 0 Å². The van der Waals surface area contributed by atoms with Gasteiger partial charge >= 0.3 is 0 Å². The minimum Gasteiger partial charge on any atom is -0.247 e. The van der Waals surface area contributed by atoms with Crippen LogP contribution in [0.3, 0.4) is 0 Å². The van der Waals surface area contributed by atoms with Crippen molar-refractivity contribution < 1.29 is 17.2 Å². The Kier molecular flexibility index (Phi) is 4.86. The second-order valence-electron chi connectivity index (χ2n) is 5.58. The lowest BCUT2D eigenvalue weighted by Crippen LogP contribution is -2.15. The molecule has 24 heavy (non-hydrogen) atoms. The quantitative estimate of drug-likeness (QED) is 0.795. The molecule has 2 aromatic rings. The van der Waals surface area contributed by atoms with Crippen LogP contribution >= 0.6 is 11.8 Å². The zero-order valence-electron chi connectivity index (χ0n) is 12.9. The molecule has 1 saturated heterocycles. The highest BCUT2D eigenvalue weighted by atomic mass is 32.2. The first-order chi connectivity index (χ1) is 11.4. The maximum Gasteiger partial charge on any atom is 0.180 e. The minimum absolute atomic E-state index is 0.0614. The van der Waals surface area contributed by atoms with Crippen LogP contribution in [-0.4, -0.2) is 51.7 Å². The third-order valence-corrected chi connectivity index (χ3v) is 6.14. The summed E-state index contributed by atoms with van der Waals surface area (Å²) in [5, 5.41) is 4.36. The number of thioether (sulfide) groups is 1. The van der Waals surface area contributed by atoms with Gasteiger partial charge in [-0.25, -0.2) is 31.8 Å². The van der Waals surface area contributed by atoms with Crippen LogP contribution in [0.5, 0.6) is 0 Å². The topological polar surface area (TPSA) is 77.7 Å². The predicted molar refractivity (Wildman–Crippen MR) is 87.6 cm³/mol. The predicted octanol–water partition coefficient (Wildman–Crippen LogP) is 1.88. The van der Waals surface area contributed by atoms with Crippen LogP contribution in [0.2, 0.25) is 0 Å². The normalized spacial score (nSPS) is 19.7. The molecule has 1 aliphatic rings. The molecular weight excluding hydrogens is 358 g/mol. The van der Waals surface area contributed by atoms with Crippen LogP contribution in [0.25, 0.3) is 11.5 Å². The molecule has 0 radical (unpaired) electrons. The summed E-state index contributed by atoms with van der Waals surface area (Å²) in [4.78, 5) is 8.10. The highest BCUT2D eigenvalue weighted by molar-refractivity contribution is 7.98. The molecule has 0 aliphatic carbocycles. The molecular formula is C14H16F2N4O2S2. The van der Waals surface area contributed by atoms with Gasteiger partial charge < -0.3 is 0 Å². The molecule has 1 fully saturated rings. The molecule has 2 aromatic heterocycles. The Hall–Kier alpha value is -1.55. The lowest BCUT2D eigenvalue weighted by atomic mass is 10.2. The van der Waals surface area contributed by atoms with E-state index in [0.717, 1.165) is 18.0 Å². The highest BCUT2D eigenvalue weighted by Gasteiger charge is 2.33. The van der Waals surface area contributed by atoms with Crippen molar-refractivity contribution in [3.63, 3.8) is 0 Å². The molecule has 0 unspecified atom stereocenters. The van der Waals surface area contributed by atoms with E-state index in [1.54, 1.807) is 11.8 Å². The Labute approximate surface area is 142 Å². The van der Waals surface area contributed by atoms with E-state index in [9.17, 15) is 17.2 Å². The van der Waals surface area contributed by atoms with Crippen LogP contribution in [0.15, 0.2) is 12.3 Å². The van der Waals surface area contributed by atoms with Gasteiger partial charge in [-0.2, -0.15) is 16.9 Å². The number of aryl methyl sites for hydroxylation is 1. The van der Waals surface area contributed by atoms with Crippen LogP contribution in [-0.2, 0) is 16.3 Å². The molecule has 0 N–H and O–H groups in total. The maximum absolute atomic E-state index is 14.1. The van der Waals surface area contributed by atoms with Crippen molar-refractivity contribution in [2.75, 3.05) is 23.5 Å². The molecule has 0 spiro atoms. The maximum atomic E-state index is 14.1. The number of rotatable bonds is 5. The Bertz CT molecular complexity index is 854. The van der Waals surface area contributed by atoms with Gasteiger partial charge in [0.1, 0.15) is 11.5 Å².